The van der Waals surface area contributed by atoms with Crippen molar-refractivity contribution in [1.29, 1.82) is 0 Å². The molecule has 1 aromatic heterocycles. The molecule has 0 bridgehead atoms. The van der Waals surface area contributed by atoms with E-state index in [0.29, 0.717) is 0 Å². The maximum atomic E-state index is 6.04. The molecule has 152 valence electrons. The summed E-state index contributed by atoms with van der Waals surface area (Å²) < 4.78 is 7.43. The number of fused-ring (bicyclic) bond motifs is 2. The smallest absolute Gasteiger partial charge is 0.119 e. The van der Waals surface area contributed by atoms with Gasteiger partial charge in [-0.1, -0.05) is 12.1 Å². The predicted octanol–water partition coefficient (Wildman–Crippen LogP) is 4.14. The second kappa shape index (κ2) is 8.74. The maximum Gasteiger partial charge on any atom is 0.119 e. The van der Waals surface area contributed by atoms with Crippen molar-refractivity contribution in [3.8, 4) is 5.75 Å². The molecule has 0 unspecified atom stereocenters. The number of rotatable bonds is 6. The molecule has 1 fully saturated rings. The average Bonchev–Trinajstić information content (AvgIpc) is 3.26. The van der Waals surface area contributed by atoms with Crippen LogP contribution in [0.3, 0.4) is 0 Å². The van der Waals surface area contributed by atoms with Crippen LogP contribution in [-0.4, -0.2) is 50.8 Å². The minimum atomic E-state index is 0.797. The average molecular weight is 408 g/mol. The summed E-state index contributed by atoms with van der Waals surface area (Å²) in [7, 11) is 0. The number of thiophene rings is 1. The summed E-state index contributed by atoms with van der Waals surface area (Å²) in [5, 5.41) is 7.02. The molecule has 4 nitrogen and oxygen atoms in total. The van der Waals surface area contributed by atoms with Gasteiger partial charge in [-0.05, 0) is 66.2 Å². The number of hydrogen-bond donors (Lipinski definition) is 1. The van der Waals surface area contributed by atoms with Gasteiger partial charge in [0.05, 0.1) is 6.61 Å². The summed E-state index contributed by atoms with van der Waals surface area (Å²) in [6.07, 6.45) is 2.19. The first-order chi connectivity index (χ1) is 14.4. The van der Waals surface area contributed by atoms with E-state index in [1.807, 2.05) is 11.3 Å². The van der Waals surface area contributed by atoms with Gasteiger partial charge in [0.2, 0.25) is 0 Å². The molecule has 5 heteroatoms. The predicted molar refractivity (Wildman–Crippen MR) is 122 cm³/mol. The topological polar surface area (TPSA) is 27.7 Å². The van der Waals surface area contributed by atoms with Crippen LogP contribution in [0, 0.1) is 0 Å². The highest BCUT2D eigenvalue weighted by Gasteiger charge is 2.18. The Labute approximate surface area is 177 Å². The van der Waals surface area contributed by atoms with Crippen LogP contribution in [0.25, 0.3) is 10.1 Å². The Hall–Kier alpha value is -2.08. The lowest BCUT2D eigenvalue weighted by atomic mass is 10.0. The van der Waals surface area contributed by atoms with Crippen molar-refractivity contribution in [2.45, 2.75) is 19.4 Å². The molecule has 0 amide bonds. The van der Waals surface area contributed by atoms with Crippen molar-refractivity contribution in [3.63, 3.8) is 0 Å². The number of hydrogen-bond acceptors (Lipinski definition) is 5. The molecule has 3 heterocycles. The Morgan fingerprint density at radius 1 is 1.00 bits per heavy atom. The largest absolute Gasteiger partial charge is 0.494 e. The minimum absolute atomic E-state index is 0.797. The van der Waals surface area contributed by atoms with Crippen molar-refractivity contribution in [2.75, 3.05) is 50.8 Å². The van der Waals surface area contributed by atoms with Crippen LogP contribution in [0.5, 0.6) is 5.75 Å². The van der Waals surface area contributed by atoms with Crippen molar-refractivity contribution >= 4 is 27.1 Å². The van der Waals surface area contributed by atoms with E-state index < -0.39 is 0 Å². The first-order valence-corrected chi connectivity index (χ1v) is 11.6. The summed E-state index contributed by atoms with van der Waals surface area (Å²) in [5.74, 6) is 1.03. The molecule has 1 saturated heterocycles. The van der Waals surface area contributed by atoms with E-state index in [2.05, 4.69) is 63.0 Å². The second-order valence-electron chi connectivity index (χ2n) is 8.00. The Kier molecular flexibility index (Phi) is 5.70. The molecule has 0 radical (unpaired) electrons. The number of piperazine rings is 1. The Balaban J connectivity index is 1.07. The lowest BCUT2D eigenvalue weighted by Gasteiger charge is -2.36. The molecular formula is C24H29N3OS. The number of anilines is 1. The molecule has 0 saturated carbocycles. The zero-order valence-electron chi connectivity index (χ0n) is 16.9. The maximum absolute atomic E-state index is 6.04. The van der Waals surface area contributed by atoms with Gasteiger partial charge < -0.3 is 15.0 Å². The standard InChI is InChI=1S/C24H29N3OS/c1-3-23(22-8-16-29-24(22)4-1)27-13-11-26(12-14-27)10-2-15-28-21-6-5-20-18-25-9-7-19(20)17-21/h1,3-6,8,16-17,25H,2,7,9-15,18H2. The van der Waals surface area contributed by atoms with Gasteiger partial charge in [-0.15, -0.1) is 11.3 Å². The van der Waals surface area contributed by atoms with Crippen LogP contribution in [0.2, 0.25) is 0 Å². The van der Waals surface area contributed by atoms with Crippen LogP contribution in [-0.2, 0) is 13.0 Å². The van der Waals surface area contributed by atoms with Crippen molar-refractivity contribution in [3.05, 3.63) is 59.0 Å². The summed E-state index contributed by atoms with van der Waals surface area (Å²) in [6, 6.07) is 15.5. The van der Waals surface area contributed by atoms with Crippen molar-refractivity contribution in [2.24, 2.45) is 0 Å². The zero-order valence-corrected chi connectivity index (χ0v) is 17.7. The van der Waals surface area contributed by atoms with Gasteiger partial charge >= 0.3 is 0 Å². The molecule has 2 aliphatic rings. The lowest BCUT2D eigenvalue weighted by molar-refractivity contribution is 0.225. The van der Waals surface area contributed by atoms with E-state index in [4.69, 9.17) is 4.74 Å². The van der Waals surface area contributed by atoms with Gasteiger partial charge in [0.1, 0.15) is 5.75 Å². The van der Waals surface area contributed by atoms with Crippen LogP contribution >= 0.6 is 11.3 Å². The highest BCUT2D eigenvalue weighted by atomic mass is 32.1. The number of nitrogens with zero attached hydrogens (tertiary/aromatic N) is 2. The van der Waals surface area contributed by atoms with Gasteiger partial charge in [0, 0.05) is 55.0 Å². The first-order valence-electron chi connectivity index (χ1n) is 10.8. The van der Waals surface area contributed by atoms with E-state index in [0.717, 1.165) is 71.0 Å². The van der Waals surface area contributed by atoms with E-state index in [9.17, 15) is 0 Å². The lowest BCUT2D eigenvalue weighted by Crippen LogP contribution is -2.46. The molecule has 2 aromatic carbocycles. The van der Waals surface area contributed by atoms with E-state index in [1.165, 1.54) is 26.9 Å². The normalized spacial score (nSPS) is 17.4. The van der Waals surface area contributed by atoms with Crippen molar-refractivity contribution in [1.82, 2.24) is 10.2 Å². The number of ether oxygens (including phenoxy) is 1. The molecule has 1 N–H and O–H groups in total. The fourth-order valence-electron chi connectivity index (χ4n) is 4.49. The fraction of sp³-hybridized carbons (Fsp3) is 0.417. The Bertz CT molecular complexity index is 962. The molecule has 0 spiro atoms. The molecule has 0 aliphatic carbocycles. The number of nitrogens with one attached hydrogen (secondary N) is 1. The van der Waals surface area contributed by atoms with Gasteiger partial charge in [0.15, 0.2) is 0 Å². The Morgan fingerprint density at radius 3 is 2.86 bits per heavy atom. The number of benzene rings is 2. The summed E-state index contributed by atoms with van der Waals surface area (Å²) >= 11 is 1.83. The summed E-state index contributed by atoms with van der Waals surface area (Å²) in [6.45, 7) is 8.45. The van der Waals surface area contributed by atoms with Gasteiger partial charge in [0.25, 0.3) is 0 Å². The molecule has 2 aliphatic heterocycles. The van der Waals surface area contributed by atoms with Crippen LogP contribution in [0.1, 0.15) is 17.5 Å². The quantitative estimate of drug-likeness (QED) is 0.622. The third-order valence-corrected chi connectivity index (χ3v) is 7.02. The molecule has 3 aromatic rings. The fourth-order valence-corrected chi connectivity index (χ4v) is 5.30. The van der Waals surface area contributed by atoms with E-state index in [-0.39, 0.29) is 0 Å². The van der Waals surface area contributed by atoms with E-state index in [1.54, 1.807) is 0 Å². The van der Waals surface area contributed by atoms with Crippen LogP contribution in [0.4, 0.5) is 5.69 Å². The van der Waals surface area contributed by atoms with Gasteiger partial charge in [-0.2, -0.15) is 0 Å². The monoisotopic (exact) mass is 407 g/mol. The van der Waals surface area contributed by atoms with Crippen molar-refractivity contribution < 1.29 is 4.74 Å². The first kappa shape index (κ1) is 18.9. The van der Waals surface area contributed by atoms with Crippen LogP contribution in [0.15, 0.2) is 47.8 Å². The minimum Gasteiger partial charge on any atom is -0.494 e. The Morgan fingerprint density at radius 2 is 1.93 bits per heavy atom. The SMILES string of the molecule is c1cc(N2CCN(CCCOc3ccc4c(c3)CCNC4)CC2)c2ccsc2c1. The molecule has 0 atom stereocenters. The van der Waals surface area contributed by atoms with E-state index >= 15 is 0 Å². The van der Waals surface area contributed by atoms with Crippen LogP contribution < -0.4 is 15.0 Å². The zero-order chi connectivity index (χ0) is 19.5. The second-order valence-corrected chi connectivity index (χ2v) is 8.95. The summed E-state index contributed by atoms with van der Waals surface area (Å²) in [5.41, 5.74) is 4.26. The third-order valence-electron chi connectivity index (χ3n) is 6.14. The highest BCUT2D eigenvalue weighted by molar-refractivity contribution is 7.17. The highest BCUT2D eigenvalue weighted by Crippen LogP contribution is 2.31. The van der Waals surface area contributed by atoms with Gasteiger partial charge in [-0.25, -0.2) is 0 Å². The molecule has 29 heavy (non-hydrogen) atoms. The third kappa shape index (κ3) is 4.27. The van der Waals surface area contributed by atoms with Gasteiger partial charge in [-0.3, -0.25) is 4.90 Å². The molecular weight excluding hydrogens is 378 g/mol. The summed E-state index contributed by atoms with van der Waals surface area (Å²) in [4.78, 5) is 5.12. The molecule has 5 rings (SSSR count).